The van der Waals surface area contributed by atoms with Gasteiger partial charge < -0.3 is 15.0 Å². The van der Waals surface area contributed by atoms with Gasteiger partial charge in [-0.2, -0.15) is 0 Å². The molecular formula is C15H18ClN3O2. The molecule has 0 atom stereocenters. The topological polar surface area (TPSA) is 67.2 Å². The van der Waals surface area contributed by atoms with Gasteiger partial charge >= 0.3 is 0 Å². The second kappa shape index (κ2) is 7.13. The van der Waals surface area contributed by atoms with E-state index in [-0.39, 0.29) is 23.1 Å². The molecule has 2 N–H and O–H groups in total. The Balaban J connectivity index is 1.81. The molecule has 6 heteroatoms. The van der Waals surface area contributed by atoms with E-state index in [1.54, 1.807) is 18.3 Å². The highest BCUT2D eigenvalue weighted by Crippen LogP contribution is 2.23. The minimum atomic E-state index is -0.0741. The molecule has 1 amide bonds. The van der Waals surface area contributed by atoms with Crippen molar-refractivity contribution in [1.29, 1.82) is 0 Å². The Morgan fingerprint density at radius 1 is 1.48 bits per heavy atom. The van der Waals surface area contributed by atoms with E-state index >= 15 is 0 Å². The lowest BCUT2D eigenvalue weighted by molar-refractivity contribution is -0.120. The first kappa shape index (κ1) is 15.4. The minimum Gasteiger partial charge on any atom is -0.506 e. The smallest absolute Gasteiger partial charge is 0.224 e. The van der Waals surface area contributed by atoms with E-state index < -0.39 is 0 Å². The SMILES string of the molecule is CCc1nccn1CCNC(=O)Cc1ccc(O)c(Cl)c1. The minimum absolute atomic E-state index is 0.0213. The summed E-state index contributed by atoms with van der Waals surface area (Å²) in [6.45, 7) is 3.30. The van der Waals surface area contributed by atoms with Gasteiger partial charge in [-0.1, -0.05) is 24.6 Å². The zero-order valence-electron chi connectivity index (χ0n) is 11.8. The van der Waals surface area contributed by atoms with Gasteiger partial charge in [-0.15, -0.1) is 0 Å². The maximum Gasteiger partial charge on any atom is 0.224 e. The van der Waals surface area contributed by atoms with Gasteiger partial charge in [0.15, 0.2) is 0 Å². The van der Waals surface area contributed by atoms with Crippen LogP contribution in [0.25, 0.3) is 0 Å². The van der Waals surface area contributed by atoms with Gasteiger partial charge in [-0.25, -0.2) is 4.98 Å². The number of benzene rings is 1. The Labute approximate surface area is 128 Å². The maximum absolute atomic E-state index is 11.9. The molecule has 2 aromatic rings. The second-order valence-electron chi connectivity index (χ2n) is 4.70. The van der Waals surface area contributed by atoms with Crippen molar-refractivity contribution in [3.63, 3.8) is 0 Å². The summed E-state index contributed by atoms with van der Waals surface area (Å²) < 4.78 is 2.03. The number of phenolic OH excluding ortho intramolecular Hbond substituents is 1. The molecule has 0 aliphatic heterocycles. The van der Waals surface area contributed by atoms with E-state index in [9.17, 15) is 9.90 Å². The number of hydrogen-bond donors (Lipinski definition) is 2. The van der Waals surface area contributed by atoms with Crippen LogP contribution >= 0.6 is 11.6 Å². The number of imidazole rings is 1. The zero-order chi connectivity index (χ0) is 15.2. The number of carbonyl (C=O) groups excluding carboxylic acids is 1. The molecule has 21 heavy (non-hydrogen) atoms. The molecule has 0 saturated carbocycles. The highest BCUT2D eigenvalue weighted by molar-refractivity contribution is 6.32. The van der Waals surface area contributed by atoms with Crippen LogP contribution in [0.5, 0.6) is 5.75 Å². The number of carbonyl (C=O) groups is 1. The van der Waals surface area contributed by atoms with Gasteiger partial charge in [-0.3, -0.25) is 4.79 Å². The van der Waals surface area contributed by atoms with Crippen molar-refractivity contribution in [3.8, 4) is 5.75 Å². The highest BCUT2D eigenvalue weighted by Gasteiger charge is 2.06. The Morgan fingerprint density at radius 3 is 3.00 bits per heavy atom. The third-order valence-electron chi connectivity index (χ3n) is 3.17. The first-order chi connectivity index (χ1) is 10.1. The van der Waals surface area contributed by atoms with Gasteiger partial charge in [0.05, 0.1) is 11.4 Å². The Morgan fingerprint density at radius 2 is 2.29 bits per heavy atom. The van der Waals surface area contributed by atoms with Crippen LogP contribution in [0.1, 0.15) is 18.3 Å². The predicted octanol–water partition coefficient (Wildman–Crippen LogP) is 2.16. The normalized spacial score (nSPS) is 10.6. The molecule has 112 valence electrons. The van der Waals surface area contributed by atoms with E-state index in [1.807, 2.05) is 17.7 Å². The average Bonchev–Trinajstić information content (AvgIpc) is 2.90. The summed E-state index contributed by atoms with van der Waals surface area (Å²) in [5.74, 6) is 0.956. The average molecular weight is 308 g/mol. The number of nitrogens with one attached hydrogen (secondary N) is 1. The Kier molecular flexibility index (Phi) is 5.22. The number of halogens is 1. The number of amides is 1. The second-order valence-corrected chi connectivity index (χ2v) is 5.11. The summed E-state index contributed by atoms with van der Waals surface area (Å²) in [6.07, 6.45) is 4.78. The van der Waals surface area contributed by atoms with Crippen molar-refractivity contribution >= 4 is 17.5 Å². The lowest BCUT2D eigenvalue weighted by Crippen LogP contribution is -2.28. The van der Waals surface area contributed by atoms with E-state index in [1.165, 1.54) is 6.07 Å². The van der Waals surface area contributed by atoms with E-state index in [2.05, 4.69) is 10.3 Å². The van der Waals surface area contributed by atoms with Crippen LogP contribution in [-0.4, -0.2) is 27.1 Å². The number of hydrogen-bond acceptors (Lipinski definition) is 3. The summed E-state index contributed by atoms with van der Waals surface area (Å²) >= 11 is 5.81. The number of aromatic hydroxyl groups is 1. The van der Waals surface area contributed by atoms with E-state index in [0.29, 0.717) is 13.1 Å². The van der Waals surface area contributed by atoms with Crippen molar-refractivity contribution in [2.24, 2.45) is 0 Å². The van der Waals surface area contributed by atoms with Gasteiger partial charge in [0.2, 0.25) is 5.91 Å². The molecule has 0 saturated heterocycles. The largest absolute Gasteiger partial charge is 0.506 e. The number of aromatic nitrogens is 2. The maximum atomic E-state index is 11.9. The number of aryl methyl sites for hydroxylation is 1. The lowest BCUT2D eigenvalue weighted by atomic mass is 10.1. The fraction of sp³-hybridized carbons (Fsp3) is 0.333. The van der Waals surface area contributed by atoms with Crippen LogP contribution in [0.15, 0.2) is 30.6 Å². The zero-order valence-corrected chi connectivity index (χ0v) is 12.6. The lowest BCUT2D eigenvalue weighted by Gasteiger charge is -2.08. The molecule has 0 aliphatic carbocycles. The third-order valence-corrected chi connectivity index (χ3v) is 3.47. The molecule has 1 heterocycles. The molecule has 0 radical (unpaired) electrons. The molecule has 0 bridgehead atoms. The predicted molar refractivity (Wildman–Crippen MR) is 81.4 cm³/mol. The number of phenols is 1. The standard InChI is InChI=1S/C15H18ClN3O2/c1-2-14-17-5-7-19(14)8-6-18-15(21)10-11-3-4-13(20)12(16)9-11/h3-5,7,9,20H,2,6,8,10H2,1H3,(H,18,21). The van der Waals surface area contributed by atoms with Crippen molar-refractivity contribution in [2.75, 3.05) is 6.54 Å². The van der Waals surface area contributed by atoms with Crippen LogP contribution in [-0.2, 0) is 24.2 Å². The summed E-state index contributed by atoms with van der Waals surface area (Å²) in [7, 11) is 0. The molecule has 0 unspecified atom stereocenters. The summed E-state index contributed by atoms with van der Waals surface area (Å²) in [6, 6.07) is 4.78. The van der Waals surface area contributed by atoms with Crippen LogP contribution in [0, 0.1) is 0 Å². The fourth-order valence-corrected chi connectivity index (χ4v) is 2.29. The van der Waals surface area contributed by atoms with Crippen LogP contribution in [0.4, 0.5) is 0 Å². The quantitative estimate of drug-likeness (QED) is 0.859. The first-order valence-corrected chi connectivity index (χ1v) is 7.22. The molecule has 0 spiro atoms. The summed E-state index contributed by atoms with van der Waals surface area (Å²) in [4.78, 5) is 16.1. The van der Waals surface area contributed by atoms with Crippen molar-refractivity contribution in [3.05, 3.63) is 47.0 Å². The molecule has 5 nitrogen and oxygen atoms in total. The van der Waals surface area contributed by atoms with Crippen molar-refractivity contribution < 1.29 is 9.90 Å². The van der Waals surface area contributed by atoms with Crippen molar-refractivity contribution in [2.45, 2.75) is 26.3 Å². The van der Waals surface area contributed by atoms with Crippen LogP contribution in [0.3, 0.4) is 0 Å². The van der Waals surface area contributed by atoms with Gasteiger partial charge in [0, 0.05) is 31.9 Å². The van der Waals surface area contributed by atoms with E-state index in [0.717, 1.165) is 17.8 Å². The summed E-state index contributed by atoms with van der Waals surface area (Å²) in [5.41, 5.74) is 0.771. The van der Waals surface area contributed by atoms with Gasteiger partial charge in [-0.05, 0) is 17.7 Å². The molecule has 2 rings (SSSR count). The fourth-order valence-electron chi connectivity index (χ4n) is 2.08. The number of rotatable bonds is 6. The summed E-state index contributed by atoms with van der Waals surface area (Å²) in [5, 5.41) is 12.5. The van der Waals surface area contributed by atoms with Crippen LogP contribution < -0.4 is 5.32 Å². The van der Waals surface area contributed by atoms with E-state index in [4.69, 9.17) is 11.6 Å². The Hall–Kier alpha value is -2.01. The monoisotopic (exact) mass is 307 g/mol. The third kappa shape index (κ3) is 4.23. The molecule has 0 fully saturated rings. The highest BCUT2D eigenvalue weighted by atomic mass is 35.5. The van der Waals surface area contributed by atoms with Gasteiger partial charge in [0.1, 0.15) is 11.6 Å². The van der Waals surface area contributed by atoms with Gasteiger partial charge in [0.25, 0.3) is 0 Å². The number of nitrogens with zero attached hydrogens (tertiary/aromatic N) is 2. The van der Waals surface area contributed by atoms with Crippen LogP contribution in [0.2, 0.25) is 5.02 Å². The Bertz CT molecular complexity index is 625. The molecule has 0 aliphatic rings. The molecule has 1 aromatic carbocycles. The molecule has 1 aromatic heterocycles. The first-order valence-electron chi connectivity index (χ1n) is 6.84. The molecular weight excluding hydrogens is 290 g/mol. The van der Waals surface area contributed by atoms with Crippen molar-refractivity contribution in [1.82, 2.24) is 14.9 Å².